The molecule has 37 heavy (non-hydrogen) atoms. The lowest BCUT2D eigenvalue weighted by molar-refractivity contribution is 0.344. The van der Waals surface area contributed by atoms with E-state index < -0.39 is 0 Å². The molecule has 0 bridgehead atoms. The number of hydrogen-bond acceptors (Lipinski definition) is 0. The molecule has 0 amide bonds. The number of hydrogen-bond donors (Lipinski definition) is 0. The summed E-state index contributed by atoms with van der Waals surface area (Å²) in [5.41, 5.74) is 3.07. The summed E-state index contributed by atoms with van der Waals surface area (Å²) in [5, 5.41) is 0. The van der Waals surface area contributed by atoms with Gasteiger partial charge in [-0.3, -0.25) is 0 Å². The van der Waals surface area contributed by atoms with Crippen LogP contribution < -0.4 is 0 Å². The SMILES string of the molecule is CC.CC.CC1CCC(C(C)(c2ccccc2)c2ccccc2)C1.CCC(C)C.CCCC.CCCC. The van der Waals surface area contributed by atoms with Gasteiger partial charge in [0.15, 0.2) is 0 Å². The zero-order valence-electron chi connectivity index (χ0n) is 27.7. The van der Waals surface area contributed by atoms with E-state index in [1.165, 1.54) is 62.5 Å². The topological polar surface area (TPSA) is 0 Å². The van der Waals surface area contributed by atoms with Crippen LogP contribution in [0.25, 0.3) is 0 Å². The Hall–Kier alpha value is -1.56. The molecular formula is C37H68. The summed E-state index contributed by atoms with van der Waals surface area (Å²) in [6.45, 7) is 28.2. The minimum Gasteiger partial charge on any atom is -0.0683 e. The van der Waals surface area contributed by atoms with E-state index in [1.54, 1.807) is 0 Å². The Balaban J connectivity index is -0.000000564. The van der Waals surface area contributed by atoms with Crippen LogP contribution in [0.15, 0.2) is 60.7 Å². The average Bonchev–Trinajstić information content (AvgIpc) is 3.42. The molecule has 1 aliphatic rings. The van der Waals surface area contributed by atoms with Gasteiger partial charge in [-0.2, -0.15) is 0 Å². The van der Waals surface area contributed by atoms with Crippen LogP contribution >= 0.6 is 0 Å². The molecule has 0 N–H and O–H groups in total. The van der Waals surface area contributed by atoms with Crippen molar-refractivity contribution < 1.29 is 0 Å². The Morgan fingerprint density at radius 3 is 1.19 bits per heavy atom. The van der Waals surface area contributed by atoms with Crippen molar-refractivity contribution in [2.24, 2.45) is 17.8 Å². The first-order valence-electron chi connectivity index (χ1n) is 15.9. The third-order valence-electron chi connectivity index (χ3n) is 7.07. The van der Waals surface area contributed by atoms with Gasteiger partial charge in [-0.15, -0.1) is 0 Å². The fourth-order valence-corrected chi connectivity index (χ4v) is 3.94. The molecule has 0 heteroatoms. The molecule has 3 rings (SSSR count). The van der Waals surface area contributed by atoms with Gasteiger partial charge in [0, 0.05) is 5.41 Å². The highest BCUT2D eigenvalue weighted by atomic mass is 14.4. The first kappa shape index (κ1) is 39.9. The molecule has 1 aliphatic carbocycles. The van der Waals surface area contributed by atoms with Gasteiger partial charge in [-0.25, -0.2) is 0 Å². The van der Waals surface area contributed by atoms with E-state index in [-0.39, 0.29) is 5.41 Å². The van der Waals surface area contributed by atoms with Gasteiger partial charge < -0.3 is 0 Å². The van der Waals surface area contributed by atoms with Crippen molar-refractivity contribution in [3.63, 3.8) is 0 Å². The summed E-state index contributed by atoms with van der Waals surface area (Å²) in [4.78, 5) is 0. The third kappa shape index (κ3) is 17.6. The molecule has 1 fully saturated rings. The van der Waals surface area contributed by atoms with E-state index in [0.29, 0.717) is 0 Å². The summed E-state index contributed by atoms with van der Waals surface area (Å²) in [5.74, 6) is 2.50. The summed E-state index contributed by atoms with van der Waals surface area (Å²) in [7, 11) is 0. The molecule has 0 heterocycles. The molecule has 216 valence electrons. The second-order valence-electron chi connectivity index (χ2n) is 10.4. The molecule has 0 nitrogen and oxygen atoms in total. The first-order valence-corrected chi connectivity index (χ1v) is 15.9. The fourth-order valence-electron chi connectivity index (χ4n) is 3.94. The quantitative estimate of drug-likeness (QED) is 0.361. The summed E-state index contributed by atoms with van der Waals surface area (Å²) < 4.78 is 0. The van der Waals surface area contributed by atoms with Gasteiger partial charge >= 0.3 is 0 Å². The zero-order chi connectivity index (χ0) is 29.1. The molecule has 0 saturated heterocycles. The predicted octanol–water partition coefficient (Wildman–Crippen LogP) is 13.1. The van der Waals surface area contributed by atoms with Crippen LogP contribution in [0.4, 0.5) is 0 Å². The Morgan fingerprint density at radius 1 is 0.649 bits per heavy atom. The third-order valence-corrected chi connectivity index (χ3v) is 7.07. The van der Waals surface area contributed by atoms with Crippen molar-refractivity contribution in [1.29, 1.82) is 0 Å². The highest BCUT2D eigenvalue weighted by Crippen LogP contribution is 2.48. The zero-order valence-corrected chi connectivity index (χ0v) is 27.7. The maximum Gasteiger partial charge on any atom is 0.0203 e. The number of rotatable bonds is 6. The van der Waals surface area contributed by atoms with Crippen molar-refractivity contribution in [3.8, 4) is 0 Å². The van der Waals surface area contributed by atoms with E-state index in [9.17, 15) is 0 Å². The first-order chi connectivity index (χ1) is 17.8. The van der Waals surface area contributed by atoms with Crippen molar-refractivity contribution in [3.05, 3.63) is 71.8 Å². The van der Waals surface area contributed by atoms with E-state index in [1.807, 2.05) is 27.7 Å². The summed E-state index contributed by atoms with van der Waals surface area (Å²) >= 11 is 0. The summed E-state index contributed by atoms with van der Waals surface area (Å²) in [6, 6.07) is 22.1. The molecule has 2 unspecified atom stereocenters. The normalized spacial score (nSPS) is 15.6. The second-order valence-corrected chi connectivity index (χ2v) is 10.4. The van der Waals surface area contributed by atoms with Crippen molar-refractivity contribution in [1.82, 2.24) is 0 Å². The molecule has 0 aliphatic heterocycles. The minimum absolute atomic E-state index is 0.146. The lowest BCUT2D eigenvalue weighted by Gasteiger charge is -2.37. The molecule has 1 saturated carbocycles. The Morgan fingerprint density at radius 2 is 0.973 bits per heavy atom. The molecule has 2 aromatic carbocycles. The average molecular weight is 513 g/mol. The van der Waals surface area contributed by atoms with Crippen LogP contribution in [0.3, 0.4) is 0 Å². The molecule has 2 aromatic rings. The van der Waals surface area contributed by atoms with E-state index in [0.717, 1.165) is 17.8 Å². The predicted molar refractivity (Wildman–Crippen MR) is 175 cm³/mol. The molecule has 0 aromatic heterocycles. The number of unbranched alkanes of at least 4 members (excludes halogenated alkanes) is 2. The van der Waals surface area contributed by atoms with Crippen LogP contribution in [0.2, 0.25) is 0 Å². The monoisotopic (exact) mass is 513 g/mol. The lowest BCUT2D eigenvalue weighted by Crippen LogP contribution is -2.32. The highest BCUT2D eigenvalue weighted by molar-refractivity contribution is 5.39. The summed E-state index contributed by atoms with van der Waals surface area (Å²) in [6.07, 6.45) is 10.7. The van der Waals surface area contributed by atoms with Crippen molar-refractivity contribution in [2.75, 3.05) is 0 Å². The maximum atomic E-state index is 2.44. The van der Waals surface area contributed by atoms with Gasteiger partial charge in [-0.05, 0) is 41.7 Å². The Bertz CT molecular complexity index is 607. The largest absolute Gasteiger partial charge is 0.0683 e. The molecule has 0 radical (unpaired) electrons. The number of benzene rings is 2. The molecule has 2 atom stereocenters. The smallest absolute Gasteiger partial charge is 0.0203 e. The Labute approximate surface area is 236 Å². The van der Waals surface area contributed by atoms with E-state index in [2.05, 4.69) is 123 Å². The van der Waals surface area contributed by atoms with Crippen molar-refractivity contribution >= 4 is 0 Å². The fraction of sp³-hybridized carbons (Fsp3) is 0.676. The van der Waals surface area contributed by atoms with Crippen LogP contribution in [0.1, 0.15) is 153 Å². The molecule has 0 spiro atoms. The lowest BCUT2D eigenvalue weighted by atomic mass is 9.66. The van der Waals surface area contributed by atoms with E-state index >= 15 is 0 Å². The highest BCUT2D eigenvalue weighted by Gasteiger charge is 2.40. The maximum absolute atomic E-state index is 2.44. The van der Waals surface area contributed by atoms with Crippen LogP contribution in [-0.4, -0.2) is 0 Å². The van der Waals surface area contributed by atoms with E-state index in [4.69, 9.17) is 0 Å². The van der Waals surface area contributed by atoms with Crippen LogP contribution in [0, 0.1) is 17.8 Å². The standard InChI is InChI=1S/C20H24.C5H12.2C4H10.2C2H6/c1-16-13-14-19(15-16)20(2,17-9-5-3-6-10-17)18-11-7-4-8-12-18;1-4-5(2)3;2*1-3-4-2;2*1-2/h3-12,16,19H,13-15H2,1-2H3;5H,4H2,1-3H3;2*3-4H2,1-2H3;2*1-2H3. The van der Waals surface area contributed by atoms with Gasteiger partial charge in [0.1, 0.15) is 0 Å². The van der Waals surface area contributed by atoms with Crippen LogP contribution in [-0.2, 0) is 5.41 Å². The van der Waals surface area contributed by atoms with Gasteiger partial charge in [-0.1, -0.05) is 189 Å². The van der Waals surface area contributed by atoms with Gasteiger partial charge in [0.2, 0.25) is 0 Å². The second kappa shape index (κ2) is 27.5. The molecular weight excluding hydrogens is 444 g/mol. The van der Waals surface area contributed by atoms with Crippen molar-refractivity contribution in [2.45, 2.75) is 147 Å². The minimum atomic E-state index is 0.146. The van der Waals surface area contributed by atoms with Gasteiger partial charge in [0.25, 0.3) is 0 Å². The van der Waals surface area contributed by atoms with Crippen LogP contribution in [0.5, 0.6) is 0 Å². The Kier molecular flexibility index (Phi) is 29.7. The van der Waals surface area contributed by atoms with Gasteiger partial charge in [0.05, 0.1) is 0 Å².